The maximum absolute atomic E-state index is 13.9. The highest BCUT2D eigenvalue weighted by molar-refractivity contribution is 5.57. The van der Waals surface area contributed by atoms with Gasteiger partial charge in [-0.1, -0.05) is 18.2 Å². The molecule has 2 aliphatic carbocycles. The lowest BCUT2D eigenvalue weighted by Gasteiger charge is -2.15. The van der Waals surface area contributed by atoms with Crippen molar-refractivity contribution < 1.29 is 27.0 Å². The first-order chi connectivity index (χ1) is 15.0. The molecular formula is C22H21F4N3O2. The van der Waals surface area contributed by atoms with Gasteiger partial charge in [0.25, 0.3) is 0 Å². The van der Waals surface area contributed by atoms with E-state index in [0.717, 1.165) is 24.8 Å². The number of alkyl halides is 4. The molecule has 0 N–H and O–H groups in total. The summed E-state index contributed by atoms with van der Waals surface area (Å²) >= 11 is 0. The number of nitrogens with zero attached hydrogens (tertiary/aromatic N) is 3. The average Bonchev–Trinajstić information content (AvgIpc) is 3.65. The van der Waals surface area contributed by atoms with Crippen LogP contribution in [0.4, 0.5) is 17.6 Å². The summed E-state index contributed by atoms with van der Waals surface area (Å²) in [5.74, 6) is 1.34. The Morgan fingerprint density at radius 3 is 2.58 bits per heavy atom. The largest absolute Gasteiger partial charge is 0.492 e. The van der Waals surface area contributed by atoms with Crippen molar-refractivity contribution in [1.82, 2.24) is 14.6 Å². The minimum atomic E-state index is -4.62. The molecule has 5 rings (SSSR count). The van der Waals surface area contributed by atoms with Crippen molar-refractivity contribution in [1.29, 1.82) is 0 Å². The maximum Gasteiger partial charge on any atom is 0.423 e. The third-order valence-electron chi connectivity index (χ3n) is 5.97. The number of pyridine rings is 1. The number of ether oxygens (including phenoxy) is 2. The molecule has 5 nitrogen and oxygen atoms in total. The monoisotopic (exact) mass is 435 g/mol. The zero-order chi connectivity index (χ0) is 21.6. The standard InChI is InChI=1S/C22H21F4N3O2/c23-12-31-17-4-2-1-3-15(17)16-10-14(16)11-30-18-7-8-29-19(9-13-5-6-13)27-28-21(29)20(18)22(24,25)26/h1-4,7-8,13-14,16H,5-6,9-12H2/t14-,16+/m1/s1. The Labute approximate surface area is 176 Å². The normalized spacial score (nSPS) is 20.8. The summed E-state index contributed by atoms with van der Waals surface area (Å²) in [6, 6.07) is 8.46. The van der Waals surface area contributed by atoms with Gasteiger partial charge in [0.2, 0.25) is 6.86 Å². The van der Waals surface area contributed by atoms with Crippen LogP contribution in [0.15, 0.2) is 36.5 Å². The topological polar surface area (TPSA) is 48.7 Å². The fourth-order valence-corrected chi connectivity index (χ4v) is 4.08. The van der Waals surface area contributed by atoms with Crippen molar-refractivity contribution in [3.8, 4) is 11.5 Å². The maximum atomic E-state index is 13.9. The Hall–Kier alpha value is -2.84. The molecule has 0 radical (unpaired) electrons. The van der Waals surface area contributed by atoms with E-state index in [-0.39, 0.29) is 29.8 Å². The van der Waals surface area contributed by atoms with Gasteiger partial charge in [-0.2, -0.15) is 13.2 Å². The van der Waals surface area contributed by atoms with Crippen LogP contribution in [0.3, 0.4) is 0 Å². The van der Waals surface area contributed by atoms with E-state index in [4.69, 9.17) is 9.47 Å². The van der Waals surface area contributed by atoms with Gasteiger partial charge in [-0.3, -0.25) is 4.40 Å². The molecular weight excluding hydrogens is 414 g/mol. The predicted molar refractivity (Wildman–Crippen MR) is 104 cm³/mol. The fourth-order valence-electron chi connectivity index (χ4n) is 4.08. The highest BCUT2D eigenvalue weighted by atomic mass is 19.4. The second-order valence-corrected chi connectivity index (χ2v) is 8.21. The van der Waals surface area contributed by atoms with E-state index in [1.54, 1.807) is 18.3 Å². The van der Waals surface area contributed by atoms with Gasteiger partial charge in [-0.15, -0.1) is 10.2 Å². The summed E-state index contributed by atoms with van der Waals surface area (Å²) in [5, 5.41) is 7.81. The van der Waals surface area contributed by atoms with Crippen molar-refractivity contribution in [2.75, 3.05) is 13.5 Å². The smallest absolute Gasteiger partial charge is 0.423 e. The van der Waals surface area contributed by atoms with Gasteiger partial charge in [-0.25, -0.2) is 4.39 Å². The van der Waals surface area contributed by atoms with Crippen LogP contribution in [0.5, 0.6) is 11.5 Å². The van der Waals surface area contributed by atoms with Gasteiger partial charge in [0.05, 0.1) is 6.61 Å². The predicted octanol–water partition coefficient (Wildman–Crippen LogP) is 5.19. The first-order valence-corrected chi connectivity index (χ1v) is 10.3. The van der Waals surface area contributed by atoms with Crippen molar-refractivity contribution in [3.63, 3.8) is 0 Å². The summed E-state index contributed by atoms with van der Waals surface area (Å²) < 4.78 is 66.3. The lowest BCUT2D eigenvalue weighted by atomic mass is 10.1. The molecule has 0 aliphatic heterocycles. The molecule has 9 heteroatoms. The quantitative estimate of drug-likeness (QED) is 0.457. The van der Waals surface area contributed by atoms with Gasteiger partial charge in [0, 0.05) is 18.5 Å². The fraction of sp³-hybridized carbons (Fsp3) is 0.455. The molecule has 2 aromatic heterocycles. The first-order valence-electron chi connectivity index (χ1n) is 10.3. The van der Waals surface area contributed by atoms with Crippen LogP contribution < -0.4 is 9.47 Å². The van der Waals surface area contributed by atoms with Crippen LogP contribution >= 0.6 is 0 Å². The minimum Gasteiger partial charge on any atom is -0.492 e. The van der Waals surface area contributed by atoms with Crippen LogP contribution in [-0.4, -0.2) is 28.1 Å². The van der Waals surface area contributed by atoms with Crippen LogP contribution in [0.25, 0.3) is 5.65 Å². The lowest BCUT2D eigenvalue weighted by molar-refractivity contribution is -0.138. The Morgan fingerprint density at radius 1 is 1.03 bits per heavy atom. The third kappa shape index (κ3) is 4.05. The Balaban J connectivity index is 1.35. The zero-order valence-corrected chi connectivity index (χ0v) is 16.6. The van der Waals surface area contributed by atoms with Gasteiger partial charge >= 0.3 is 6.18 Å². The molecule has 0 spiro atoms. The molecule has 0 saturated heterocycles. The number of hydrogen-bond donors (Lipinski definition) is 0. The average molecular weight is 435 g/mol. The van der Waals surface area contributed by atoms with Crippen molar-refractivity contribution in [3.05, 3.63) is 53.5 Å². The molecule has 0 bridgehead atoms. The van der Waals surface area contributed by atoms with Crippen LogP contribution in [-0.2, 0) is 12.6 Å². The first kappa shape index (κ1) is 20.1. The third-order valence-corrected chi connectivity index (χ3v) is 5.97. The summed E-state index contributed by atoms with van der Waals surface area (Å²) in [6.07, 6.45) is 0.447. The van der Waals surface area contributed by atoms with E-state index >= 15 is 0 Å². The minimum absolute atomic E-state index is 0.0324. The van der Waals surface area contributed by atoms with Gasteiger partial charge < -0.3 is 9.47 Å². The number of rotatable bonds is 8. The molecule has 2 saturated carbocycles. The SMILES string of the molecule is FCOc1ccccc1[C@H]1C[C@@H]1COc1ccn2c(CC3CC3)nnc2c1C(F)(F)F. The molecule has 0 unspecified atom stereocenters. The Bertz CT molecular complexity index is 1090. The van der Waals surface area contributed by atoms with Crippen molar-refractivity contribution >= 4 is 5.65 Å². The van der Waals surface area contributed by atoms with E-state index in [1.807, 2.05) is 12.1 Å². The zero-order valence-electron chi connectivity index (χ0n) is 16.6. The van der Waals surface area contributed by atoms with Crippen molar-refractivity contribution in [2.45, 2.75) is 37.8 Å². The second-order valence-electron chi connectivity index (χ2n) is 8.21. The second kappa shape index (κ2) is 7.69. The molecule has 31 heavy (non-hydrogen) atoms. The van der Waals surface area contributed by atoms with Crippen LogP contribution in [0.1, 0.15) is 42.1 Å². The highest BCUT2D eigenvalue weighted by Gasteiger charge is 2.42. The number of aromatic nitrogens is 3. The van der Waals surface area contributed by atoms with Gasteiger partial charge in [0.15, 0.2) is 5.65 Å². The van der Waals surface area contributed by atoms with Crippen molar-refractivity contribution in [2.24, 2.45) is 11.8 Å². The van der Waals surface area contributed by atoms with Gasteiger partial charge in [0.1, 0.15) is 22.9 Å². The Kier molecular flexibility index (Phi) is 4.98. The van der Waals surface area contributed by atoms with Crippen LogP contribution in [0, 0.1) is 11.8 Å². The van der Waals surface area contributed by atoms with E-state index < -0.39 is 18.6 Å². The van der Waals surface area contributed by atoms with Crippen LogP contribution in [0.2, 0.25) is 0 Å². The molecule has 2 aliphatic rings. The Morgan fingerprint density at radius 2 is 1.84 bits per heavy atom. The lowest BCUT2D eigenvalue weighted by Crippen LogP contribution is -2.13. The molecule has 0 amide bonds. The number of hydrogen-bond acceptors (Lipinski definition) is 4. The molecule has 1 aromatic carbocycles. The molecule has 3 aromatic rings. The van der Waals surface area contributed by atoms with E-state index in [1.165, 1.54) is 10.5 Å². The molecule has 2 heterocycles. The summed E-state index contributed by atoms with van der Waals surface area (Å²) in [7, 11) is 0. The highest BCUT2D eigenvalue weighted by Crippen LogP contribution is 2.51. The number of benzene rings is 1. The summed E-state index contributed by atoms with van der Waals surface area (Å²) in [4.78, 5) is 0. The summed E-state index contributed by atoms with van der Waals surface area (Å²) in [6.45, 7) is -0.808. The van der Waals surface area contributed by atoms with E-state index in [9.17, 15) is 17.6 Å². The summed E-state index contributed by atoms with van der Waals surface area (Å²) in [5.41, 5.74) is -0.278. The number of halogens is 4. The number of fused-ring (bicyclic) bond motifs is 1. The van der Waals surface area contributed by atoms with E-state index in [0.29, 0.717) is 23.9 Å². The number of para-hydroxylation sites is 1. The molecule has 164 valence electrons. The van der Waals surface area contributed by atoms with E-state index in [2.05, 4.69) is 10.2 Å². The molecule has 2 fully saturated rings. The van der Waals surface area contributed by atoms with Gasteiger partial charge in [-0.05, 0) is 48.8 Å². The molecule has 2 atom stereocenters.